The van der Waals surface area contributed by atoms with E-state index in [4.69, 9.17) is 9.15 Å². The third kappa shape index (κ3) is 3.03. The summed E-state index contributed by atoms with van der Waals surface area (Å²) in [6, 6.07) is 3.25. The molecule has 0 saturated carbocycles. The number of furan rings is 1. The number of ether oxygens (including phenoxy) is 1. The third-order valence-electron chi connectivity index (χ3n) is 4.01. The van der Waals surface area contributed by atoms with Gasteiger partial charge in [0, 0.05) is 4.88 Å². The van der Waals surface area contributed by atoms with Crippen LogP contribution in [-0.2, 0) is 11.2 Å². The van der Waals surface area contributed by atoms with Gasteiger partial charge in [-0.1, -0.05) is 6.92 Å². The molecule has 0 bridgehead atoms. The molecule has 2 aromatic heterocycles. The molecular weight excluding hydrogens is 314 g/mol. The number of aryl methyl sites for hydroxylation is 1. The van der Waals surface area contributed by atoms with Crippen LogP contribution in [0.1, 0.15) is 64.0 Å². The zero-order valence-electron chi connectivity index (χ0n) is 13.2. The highest BCUT2D eigenvalue weighted by Crippen LogP contribution is 2.43. The average molecular weight is 333 g/mol. The minimum Gasteiger partial charge on any atom is -0.462 e. The van der Waals surface area contributed by atoms with E-state index in [0.717, 1.165) is 24.8 Å². The number of hydrogen-bond acceptors (Lipinski definition) is 5. The van der Waals surface area contributed by atoms with E-state index in [1.54, 1.807) is 19.1 Å². The summed E-state index contributed by atoms with van der Waals surface area (Å²) in [4.78, 5) is 25.8. The van der Waals surface area contributed by atoms with Gasteiger partial charge in [-0.05, 0) is 49.8 Å². The van der Waals surface area contributed by atoms with Crippen LogP contribution in [-0.4, -0.2) is 18.5 Å². The summed E-state index contributed by atoms with van der Waals surface area (Å²) in [6.45, 7) is 4.20. The van der Waals surface area contributed by atoms with E-state index in [9.17, 15) is 9.59 Å². The molecule has 0 aliphatic heterocycles. The third-order valence-corrected chi connectivity index (χ3v) is 5.19. The lowest BCUT2D eigenvalue weighted by atomic mass is 9.86. The average Bonchev–Trinajstić information content (AvgIpc) is 3.15. The van der Waals surface area contributed by atoms with Gasteiger partial charge >= 0.3 is 5.97 Å². The molecule has 2 aromatic rings. The first-order valence-electron chi connectivity index (χ1n) is 7.79. The number of hydrogen-bond donors (Lipinski definition) is 1. The second kappa shape index (κ2) is 6.58. The van der Waals surface area contributed by atoms with Crippen molar-refractivity contribution in [2.45, 2.75) is 39.0 Å². The number of carbonyl (C=O) groups excluding carboxylic acids is 2. The number of esters is 1. The van der Waals surface area contributed by atoms with Crippen LogP contribution in [0.4, 0.5) is 5.00 Å². The van der Waals surface area contributed by atoms with Gasteiger partial charge in [-0.2, -0.15) is 0 Å². The SMILES string of the molecule is CCOC(=O)c1c(NC(=O)c2ccco2)sc2c1C(C)CCC2. The van der Waals surface area contributed by atoms with Gasteiger partial charge in [0.2, 0.25) is 0 Å². The van der Waals surface area contributed by atoms with E-state index in [0.29, 0.717) is 23.1 Å². The van der Waals surface area contributed by atoms with E-state index >= 15 is 0 Å². The van der Waals surface area contributed by atoms with Gasteiger partial charge in [0.15, 0.2) is 5.76 Å². The zero-order valence-corrected chi connectivity index (χ0v) is 14.0. The molecule has 1 aliphatic rings. The summed E-state index contributed by atoms with van der Waals surface area (Å²) in [6.07, 6.45) is 4.53. The van der Waals surface area contributed by atoms with Crippen LogP contribution in [0.15, 0.2) is 22.8 Å². The molecule has 0 fully saturated rings. The maximum Gasteiger partial charge on any atom is 0.341 e. The first-order chi connectivity index (χ1) is 11.1. The van der Waals surface area contributed by atoms with Crippen LogP contribution >= 0.6 is 11.3 Å². The summed E-state index contributed by atoms with van der Waals surface area (Å²) >= 11 is 1.47. The van der Waals surface area contributed by atoms with Crippen molar-refractivity contribution in [1.29, 1.82) is 0 Å². The van der Waals surface area contributed by atoms with Crippen molar-refractivity contribution in [3.05, 3.63) is 40.2 Å². The maximum atomic E-state index is 12.4. The smallest absolute Gasteiger partial charge is 0.341 e. The Morgan fingerprint density at radius 1 is 1.48 bits per heavy atom. The number of carbonyl (C=O) groups is 2. The fourth-order valence-corrected chi connectivity index (χ4v) is 4.32. The van der Waals surface area contributed by atoms with Gasteiger partial charge in [0.25, 0.3) is 5.91 Å². The number of fused-ring (bicyclic) bond motifs is 1. The maximum absolute atomic E-state index is 12.4. The van der Waals surface area contributed by atoms with Gasteiger partial charge in [0.05, 0.1) is 18.4 Å². The standard InChI is InChI=1S/C17H19NO4S/c1-3-21-17(20)14-13-10(2)6-4-8-12(13)23-16(14)18-15(19)11-7-5-9-22-11/h5,7,9-10H,3-4,6,8H2,1-2H3,(H,18,19). The van der Waals surface area contributed by atoms with Crippen LogP contribution in [0.5, 0.6) is 0 Å². The number of amides is 1. The van der Waals surface area contributed by atoms with Gasteiger partial charge in [0.1, 0.15) is 5.00 Å². The first-order valence-corrected chi connectivity index (χ1v) is 8.61. The molecule has 1 aliphatic carbocycles. The fraction of sp³-hybridized carbons (Fsp3) is 0.412. The molecule has 23 heavy (non-hydrogen) atoms. The second-order valence-corrected chi connectivity index (χ2v) is 6.69. The van der Waals surface area contributed by atoms with Gasteiger partial charge < -0.3 is 14.5 Å². The van der Waals surface area contributed by atoms with Gasteiger partial charge in [-0.25, -0.2) is 4.79 Å². The van der Waals surface area contributed by atoms with E-state index in [1.165, 1.54) is 22.5 Å². The number of anilines is 1. The molecule has 0 aromatic carbocycles. The van der Waals surface area contributed by atoms with Crippen LogP contribution in [0.3, 0.4) is 0 Å². The zero-order chi connectivity index (χ0) is 16.4. The molecule has 2 heterocycles. The predicted octanol–water partition coefficient (Wildman–Crippen LogP) is 4.21. The van der Waals surface area contributed by atoms with Crippen molar-refractivity contribution < 1.29 is 18.7 Å². The normalized spacial score (nSPS) is 16.7. The Hall–Kier alpha value is -2.08. The number of thiophene rings is 1. The monoisotopic (exact) mass is 333 g/mol. The molecule has 0 radical (unpaired) electrons. The van der Waals surface area contributed by atoms with E-state index in [1.807, 2.05) is 0 Å². The molecule has 1 N–H and O–H groups in total. The lowest BCUT2D eigenvalue weighted by Crippen LogP contribution is -2.16. The van der Waals surface area contributed by atoms with Crippen LogP contribution < -0.4 is 5.32 Å². The topological polar surface area (TPSA) is 68.5 Å². The minimum absolute atomic E-state index is 0.222. The first kappa shape index (κ1) is 15.8. The molecule has 0 spiro atoms. The summed E-state index contributed by atoms with van der Waals surface area (Å²) in [7, 11) is 0. The fourth-order valence-electron chi connectivity index (χ4n) is 2.98. The summed E-state index contributed by atoms with van der Waals surface area (Å²) in [5.74, 6) is -0.205. The molecule has 5 nitrogen and oxygen atoms in total. The molecule has 3 rings (SSSR count). The largest absolute Gasteiger partial charge is 0.462 e. The van der Waals surface area contributed by atoms with E-state index < -0.39 is 0 Å². The Balaban J connectivity index is 1.98. The summed E-state index contributed by atoms with van der Waals surface area (Å²) in [5.41, 5.74) is 1.55. The molecular formula is C17H19NO4S. The summed E-state index contributed by atoms with van der Waals surface area (Å²) in [5, 5.41) is 3.37. The molecule has 122 valence electrons. The highest BCUT2D eigenvalue weighted by molar-refractivity contribution is 7.17. The molecule has 1 atom stereocenters. The minimum atomic E-state index is -0.367. The predicted molar refractivity (Wildman–Crippen MR) is 88.3 cm³/mol. The van der Waals surface area contributed by atoms with Crippen molar-refractivity contribution in [2.24, 2.45) is 0 Å². The van der Waals surface area contributed by atoms with E-state index in [2.05, 4.69) is 12.2 Å². The van der Waals surface area contributed by atoms with Crippen LogP contribution in [0, 0.1) is 0 Å². The lowest BCUT2D eigenvalue weighted by Gasteiger charge is -2.19. The van der Waals surface area contributed by atoms with E-state index in [-0.39, 0.29) is 17.6 Å². The van der Waals surface area contributed by atoms with Crippen molar-refractivity contribution >= 4 is 28.2 Å². The van der Waals surface area contributed by atoms with Crippen molar-refractivity contribution in [3.63, 3.8) is 0 Å². The molecule has 1 unspecified atom stereocenters. The van der Waals surface area contributed by atoms with Crippen molar-refractivity contribution in [1.82, 2.24) is 0 Å². The lowest BCUT2D eigenvalue weighted by molar-refractivity contribution is 0.0526. The Morgan fingerprint density at radius 2 is 2.30 bits per heavy atom. The second-order valence-electron chi connectivity index (χ2n) is 5.59. The summed E-state index contributed by atoms with van der Waals surface area (Å²) < 4.78 is 10.3. The van der Waals surface area contributed by atoms with Crippen molar-refractivity contribution in [3.8, 4) is 0 Å². The quantitative estimate of drug-likeness (QED) is 0.851. The van der Waals surface area contributed by atoms with Gasteiger partial charge in [-0.15, -0.1) is 11.3 Å². The number of rotatable bonds is 4. The van der Waals surface area contributed by atoms with Gasteiger partial charge in [-0.3, -0.25) is 4.79 Å². The highest BCUT2D eigenvalue weighted by atomic mass is 32.1. The van der Waals surface area contributed by atoms with Crippen LogP contribution in [0.2, 0.25) is 0 Å². The molecule has 6 heteroatoms. The van der Waals surface area contributed by atoms with Crippen molar-refractivity contribution in [2.75, 3.05) is 11.9 Å². The Labute approximate surface area is 138 Å². The Kier molecular flexibility index (Phi) is 4.52. The molecule has 1 amide bonds. The van der Waals surface area contributed by atoms with Crippen LogP contribution in [0.25, 0.3) is 0 Å². The Morgan fingerprint density at radius 3 is 3.00 bits per heavy atom. The number of nitrogens with one attached hydrogen (secondary N) is 1. The molecule has 0 saturated heterocycles. The highest BCUT2D eigenvalue weighted by Gasteiger charge is 2.31. The Bertz CT molecular complexity index is 717.